The zero-order chi connectivity index (χ0) is 12.5. The summed E-state index contributed by atoms with van der Waals surface area (Å²) in [6.45, 7) is 0. The molecule has 3 nitrogen and oxygen atoms in total. The van der Waals surface area contributed by atoms with Gasteiger partial charge in [-0.1, -0.05) is 6.07 Å². The van der Waals surface area contributed by atoms with Crippen LogP contribution in [0.4, 0.5) is 0 Å². The topological polar surface area (TPSA) is 38.7 Å². The number of methoxy groups -OCH3 is 1. The molecule has 0 saturated heterocycles. The Balaban J connectivity index is 1.95. The Hall–Kier alpha value is -1.52. The molecule has 2 aromatic rings. The number of benzene rings is 1. The van der Waals surface area contributed by atoms with Gasteiger partial charge in [0.15, 0.2) is 0 Å². The molecule has 0 bridgehead atoms. The molecule has 0 fully saturated rings. The molecule has 1 aliphatic heterocycles. The second-order valence-electron chi connectivity index (χ2n) is 4.28. The minimum atomic E-state index is -0.480. The van der Waals surface area contributed by atoms with Gasteiger partial charge in [-0.2, -0.15) is 0 Å². The van der Waals surface area contributed by atoms with Crippen LogP contribution in [0.2, 0.25) is 0 Å². The Bertz CT molecular complexity index is 536. The highest BCUT2D eigenvalue weighted by atomic mass is 32.1. The zero-order valence-corrected chi connectivity index (χ0v) is 10.8. The summed E-state index contributed by atoms with van der Waals surface area (Å²) in [4.78, 5) is 1.14. The first-order chi connectivity index (χ1) is 8.78. The average molecular weight is 262 g/mol. The van der Waals surface area contributed by atoms with E-state index in [1.807, 2.05) is 35.7 Å². The van der Waals surface area contributed by atoms with Crippen LogP contribution in [0.1, 0.15) is 29.1 Å². The Kier molecular flexibility index (Phi) is 2.97. The third-order valence-electron chi connectivity index (χ3n) is 3.15. The summed E-state index contributed by atoms with van der Waals surface area (Å²) in [6.07, 6.45) is 0.0474. The number of ether oxygens (including phenoxy) is 2. The lowest BCUT2D eigenvalue weighted by atomic mass is 9.98. The van der Waals surface area contributed by atoms with Crippen LogP contribution in [0.5, 0.6) is 11.5 Å². The molecule has 0 spiro atoms. The van der Waals surface area contributed by atoms with Crippen molar-refractivity contribution in [2.24, 2.45) is 0 Å². The predicted molar refractivity (Wildman–Crippen MR) is 70.3 cm³/mol. The van der Waals surface area contributed by atoms with Crippen LogP contribution >= 0.6 is 11.3 Å². The fraction of sp³-hybridized carbons (Fsp3) is 0.286. The lowest BCUT2D eigenvalue weighted by Crippen LogP contribution is -2.18. The predicted octanol–water partition coefficient (Wildman–Crippen LogP) is 3.31. The monoisotopic (exact) mass is 262 g/mol. The SMILES string of the molecule is COc1ccc2c(c1)OC(c1cccs1)CC2O. The molecule has 0 saturated carbocycles. The summed E-state index contributed by atoms with van der Waals surface area (Å²) >= 11 is 1.65. The van der Waals surface area contributed by atoms with Gasteiger partial charge in [0, 0.05) is 22.9 Å². The van der Waals surface area contributed by atoms with E-state index in [1.54, 1.807) is 18.4 Å². The number of aliphatic hydroxyl groups excluding tert-OH is 1. The van der Waals surface area contributed by atoms with Crippen LogP contribution in [0.15, 0.2) is 35.7 Å². The number of rotatable bonds is 2. The molecule has 2 unspecified atom stereocenters. The maximum atomic E-state index is 10.2. The minimum absolute atomic E-state index is 0.0698. The zero-order valence-electron chi connectivity index (χ0n) is 10.00. The van der Waals surface area contributed by atoms with Crippen molar-refractivity contribution in [3.8, 4) is 11.5 Å². The van der Waals surface area contributed by atoms with Crippen molar-refractivity contribution in [1.82, 2.24) is 0 Å². The Labute approximate surface area is 110 Å². The van der Waals surface area contributed by atoms with Crippen molar-refractivity contribution in [2.45, 2.75) is 18.6 Å². The van der Waals surface area contributed by atoms with Crippen LogP contribution in [-0.4, -0.2) is 12.2 Å². The molecule has 1 aliphatic rings. The van der Waals surface area contributed by atoms with E-state index in [-0.39, 0.29) is 6.10 Å². The van der Waals surface area contributed by atoms with Crippen molar-refractivity contribution >= 4 is 11.3 Å². The van der Waals surface area contributed by atoms with Gasteiger partial charge in [0.05, 0.1) is 13.2 Å². The number of aliphatic hydroxyl groups is 1. The number of fused-ring (bicyclic) bond motifs is 1. The highest BCUT2D eigenvalue weighted by molar-refractivity contribution is 7.10. The number of hydrogen-bond acceptors (Lipinski definition) is 4. The van der Waals surface area contributed by atoms with E-state index in [0.29, 0.717) is 12.2 Å². The largest absolute Gasteiger partial charge is 0.497 e. The van der Waals surface area contributed by atoms with Gasteiger partial charge in [-0.25, -0.2) is 0 Å². The fourth-order valence-electron chi connectivity index (χ4n) is 2.20. The average Bonchev–Trinajstić information content (AvgIpc) is 2.91. The van der Waals surface area contributed by atoms with Gasteiger partial charge >= 0.3 is 0 Å². The Morgan fingerprint density at radius 1 is 1.39 bits per heavy atom. The van der Waals surface area contributed by atoms with E-state index in [2.05, 4.69) is 0 Å². The fourth-order valence-corrected chi connectivity index (χ4v) is 2.97. The molecule has 4 heteroatoms. The Morgan fingerprint density at radius 3 is 3.00 bits per heavy atom. The first-order valence-electron chi connectivity index (χ1n) is 5.84. The first-order valence-corrected chi connectivity index (χ1v) is 6.72. The molecule has 2 heterocycles. The summed E-state index contributed by atoms with van der Waals surface area (Å²) in [7, 11) is 1.62. The van der Waals surface area contributed by atoms with Crippen LogP contribution in [0, 0.1) is 0 Å². The molecule has 1 aromatic heterocycles. The lowest BCUT2D eigenvalue weighted by Gasteiger charge is -2.29. The molecule has 94 valence electrons. The van der Waals surface area contributed by atoms with E-state index in [0.717, 1.165) is 16.2 Å². The van der Waals surface area contributed by atoms with Crippen molar-refractivity contribution in [3.63, 3.8) is 0 Å². The number of hydrogen-bond donors (Lipinski definition) is 1. The highest BCUT2D eigenvalue weighted by Crippen LogP contribution is 2.43. The van der Waals surface area contributed by atoms with E-state index >= 15 is 0 Å². The van der Waals surface area contributed by atoms with Crippen LogP contribution < -0.4 is 9.47 Å². The van der Waals surface area contributed by atoms with Crippen molar-refractivity contribution in [2.75, 3.05) is 7.11 Å². The summed E-state index contributed by atoms with van der Waals surface area (Å²) in [5, 5.41) is 12.2. The van der Waals surface area contributed by atoms with Gasteiger partial charge in [-0.05, 0) is 23.6 Å². The van der Waals surface area contributed by atoms with Crippen molar-refractivity contribution < 1.29 is 14.6 Å². The number of thiophene rings is 1. The third kappa shape index (κ3) is 1.98. The minimum Gasteiger partial charge on any atom is -0.497 e. The quantitative estimate of drug-likeness (QED) is 0.902. The summed E-state index contributed by atoms with van der Waals surface area (Å²) in [5.41, 5.74) is 0.837. The summed E-state index contributed by atoms with van der Waals surface area (Å²) < 4.78 is 11.1. The van der Waals surface area contributed by atoms with Gasteiger partial charge < -0.3 is 14.6 Å². The standard InChI is InChI=1S/C14H14O3S/c1-16-9-4-5-10-11(15)8-13(17-12(10)7-9)14-3-2-6-18-14/h2-7,11,13,15H,8H2,1H3. The van der Waals surface area contributed by atoms with E-state index in [1.165, 1.54) is 0 Å². The maximum Gasteiger partial charge on any atom is 0.136 e. The van der Waals surface area contributed by atoms with Crippen molar-refractivity contribution in [1.29, 1.82) is 0 Å². The van der Waals surface area contributed by atoms with Gasteiger partial charge in [0.1, 0.15) is 17.6 Å². The van der Waals surface area contributed by atoms with Crippen LogP contribution in [-0.2, 0) is 0 Å². The highest BCUT2D eigenvalue weighted by Gasteiger charge is 2.28. The van der Waals surface area contributed by atoms with E-state index in [4.69, 9.17) is 9.47 Å². The van der Waals surface area contributed by atoms with Crippen LogP contribution in [0.25, 0.3) is 0 Å². The first kappa shape index (κ1) is 11.6. The van der Waals surface area contributed by atoms with Gasteiger partial charge in [-0.15, -0.1) is 11.3 Å². The lowest BCUT2D eigenvalue weighted by molar-refractivity contribution is 0.0672. The normalized spacial score (nSPS) is 22.1. The van der Waals surface area contributed by atoms with E-state index in [9.17, 15) is 5.11 Å². The molecule has 0 amide bonds. The van der Waals surface area contributed by atoms with Crippen molar-refractivity contribution in [3.05, 3.63) is 46.2 Å². The molecular weight excluding hydrogens is 248 g/mol. The van der Waals surface area contributed by atoms with Gasteiger partial charge in [0.25, 0.3) is 0 Å². The molecule has 2 atom stereocenters. The molecule has 1 aromatic carbocycles. The molecule has 18 heavy (non-hydrogen) atoms. The third-order valence-corrected chi connectivity index (χ3v) is 4.11. The smallest absolute Gasteiger partial charge is 0.136 e. The summed E-state index contributed by atoms with van der Waals surface area (Å²) in [5.74, 6) is 1.46. The maximum absolute atomic E-state index is 10.2. The van der Waals surface area contributed by atoms with Crippen LogP contribution in [0.3, 0.4) is 0 Å². The Morgan fingerprint density at radius 2 is 2.28 bits per heavy atom. The second kappa shape index (κ2) is 4.63. The molecule has 3 rings (SSSR count). The van der Waals surface area contributed by atoms with E-state index < -0.39 is 6.10 Å². The second-order valence-corrected chi connectivity index (χ2v) is 5.26. The molecule has 0 aliphatic carbocycles. The molecule has 1 N–H and O–H groups in total. The van der Waals surface area contributed by atoms with Gasteiger partial charge in [0.2, 0.25) is 0 Å². The molecule has 0 radical (unpaired) electrons. The summed E-state index contributed by atoms with van der Waals surface area (Å²) in [6, 6.07) is 9.57. The van der Waals surface area contributed by atoms with Gasteiger partial charge in [-0.3, -0.25) is 0 Å². The molecular formula is C14H14O3S.